The van der Waals surface area contributed by atoms with Crippen molar-refractivity contribution >= 4 is 5.82 Å². The Labute approximate surface area is 147 Å². The van der Waals surface area contributed by atoms with E-state index in [-0.39, 0.29) is 5.75 Å². The molecule has 0 radical (unpaired) electrons. The van der Waals surface area contributed by atoms with E-state index in [2.05, 4.69) is 19.8 Å². The third-order valence-corrected chi connectivity index (χ3v) is 5.16. The van der Waals surface area contributed by atoms with Crippen LogP contribution in [0, 0.1) is 5.82 Å². The molecule has 5 nitrogen and oxygen atoms in total. The Morgan fingerprint density at radius 1 is 1.00 bits per heavy atom. The van der Waals surface area contributed by atoms with Crippen molar-refractivity contribution in [2.45, 2.75) is 31.7 Å². The maximum absolute atomic E-state index is 13.7. The van der Waals surface area contributed by atoms with Gasteiger partial charge in [-0.1, -0.05) is 25.0 Å². The number of nitrogens with zero attached hydrogens (tertiary/aromatic N) is 4. The lowest BCUT2D eigenvalue weighted by Crippen LogP contribution is -2.50. The summed E-state index contributed by atoms with van der Waals surface area (Å²) in [4.78, 5) is 13.3. The molecule has 2 fully saturated rings. The highest BCUT2D eigenvalue weighted by atomic mass is 19.1. The van der Waals surface area contributed by atoms with Crippen molar-refractivity contribution < 1.29 is 9.13 Å². The van der Waals surface area contributed by atoms with E-state index in [1.54, 1.807) is 24.3 Å². The zero-order valence-corrected chi connectivity index (χ0v) is 14.3. The van der Waals surface area contributed by atoms with Crippen LogP contribution in [0.25, 0.3) is 0 Å². The van der Waals surface area contributed by atoms with Gasteiger partial charge < -0.3 is 9.64 Å². The van der Waals surface area contributed by atoms with E-state index >= 15 is 0 Å². The molecule has 0 N–H and O–H groups in total. The molecule has 2 heterocycles. The second kappa shape index (κ2) is 7.35. The van der Waals surface area contributed by atoms with Crippen molar-refractivity contribution in [2.24, 2.45) is 0 Å². The van der Waals surface area contributed by atoms with Crippen LogP contribution in [0.5, 0.6) is 11.6 Å². The van der Waals surface area contributed by atoms with Gasteiger partial charge in [-0.05, 0) is 25.0 Å². The van der Waals surface area contributed by atoms with Crippen molar-refractivity contribution in [3.05, 3.63) is 42.5 Å². The van der Waals surface area contributed by atoms with Gasteiger partial charge >= 0.3 is 0 Å². The summed E-state index contributed by atoms with van der Waals surface area (Å²) < 4.78 is 19.3. The molecular formula is C19H23FN4O. The van der Waals surface area contributed by atoms with Crippen LogP contribution in [0.4, 0.5) is 10.2 Å². The highest BCUT2D eigenvalue weighted by Crippen LogP contribution is 2.27. The van der Waals surface area contributed by atoms with E-state index in [9.17, 15) is 4.39 Å². The fraction of sp³-hybridized carbons (Fsp3) is 0.474. The summed E-state index contributed by atoms with van der Waals surface area (Å²) in [7, 11) is 0. The lowest BCUT2D eigenvalue weighted by atomic mass is 10.2. The van der Waals surface area contributed by atoms with Gasteiger partial charge in [-0.25, -0.2) is 14.4 Å². The summed E-state index contributed by atoms with van der Waals surface area (Å²) in [6, 6.07) is 8.90. The van der Waals surface area contributed by atoms with Crippen LogP contribution in [0.15, 0.2) is 36.7 Å². The number of halogens is 1. The maximum atomic E-state index is 13.7. The summed E-state index contributed by atoms with van der Waals surface area (Å²) in [5, 5.41) is 0. The van der Waals surface area contributed by atoms with Gasteiger partial charge in [-0.15, -0.1) is 0 Å². The number of aromatic nitrogens is 2. The van der Waals surface area contributed by atoms with Gasteiger partial charge in [0.15, 0.2) is 11.6 Å². The average molecular weight is 342 g/mol. The Morgan fingerprint density at radius 2 is 1.76 bits per heavy atom. The van der Waals surface area contributed by atoms with Gasteiger partial charge in [-0.3, -0.25) is 4.90 Å². The molecule has 1 saturated carbocycles. The number of hydrogen-bond donors (Lipinski definition) is 0. The number of rotatable bonds is 4. The smallest absolute Gasteiger partial charge is 0.224 e. The van der Waals surface area contributed by atoms with Crippen molar-refractivity contribution in [3.8, 4) is 11.6 Å². The fourth-order valence-electron chi connectivity index (χ4n) is 3.78. The molecule has 2 aliphatic rings. The molecule has 1 aromatic carbocycles. The van der Waals surface area contributed by atoms with Crippen LogP contribution in [0.3, 0.4) is 0 Å². The van der Waals surface area contributed by atoms with Crippen LogP contribution in [-0.2, 0) is 0 Å². The molecular weight excluding hydrogens is 319 g/mol. The Bertz CT molecular complexity index is 712. The largest absolute Gasteiger partial charge is 0.436 e. The Kier molecular flexibility index (Phi) is 4.78. The zero-order chi connectivity index (χ0) is 17.1. The van der Waals surface area contributed by atoms with E-state index in [1.165, 1.54) is 38.1 Å². The molecule has 1 saturated heterocycles. The Balaban J connectivity index is 1.41. The number of hydrogen-bond acceptors (Lipinski definition) is 5. The molecule has 132 valence electrons. The van der Waals surface area contributed by atoms with E-state index in [0.29, 0.717) is 5.88 Å². The topological polar surface area (TPSA) is 41.5 Å². The Morgan fingerprint density at radius 3 is 2.52 bits per heavy atom. The second-order valence-corrected chi connectivity index (χ2v) is 6.71. The predicted octanol–water partition coefficient (Wildman–Crippen LogP) is 3.47. The van der Waals surface area contributed by atoms with Crippen molar-refractivity contribution in [1.29, 1.82) is 0 Å². The molecule has 1 aromatic heterocycles. The molecule has 6 heteroatoms. The van der Waals surface area contributed by atoms with Crippen molar-refractivity contribution in [2.75, 3.05) is 31.1 Å². The van der Waals surface area contributed by atoms with E-state index in [1.807, 2.05) is 0 Å². The first kappa shape index (κ1) is 16.3. The maximum Gasteiger partial charge on any atom is 0.224 e. The minimum Gasteiger partial charge on any atom is -0.436 e. The quantitative estimate of drug-likeness (QED) is 0.851. The van der Waals surface area contributed by atoms with Crippen LogP contribution >= 0.6 is 0 Å². The lowest BCUT2D eigenvalue weighted by molar-refractivity contribution is 0.187. The summed E-state index contributed by atoms with van der Waals surface area (Å²) in [5.41, 5.74) is 0. The van der Waals surface area contributed by atoms with Gasteiger partial charge in [-0.2, -0.15) is 0 Å². The standard InChI is InChI=1S/C19H23FN4O/c20-16-7-3-4-8-17(16)25-19-13-18(21-14-22-19)24-11-9-23(10-12-24)15-5-1-2-6-15/h3-4,7-8,13-15H,1-2,5-6,9-12H2. The first-order chi connectivity index (χ1) is 12.3. The SMILES string of the molecule is Fc1ccccc1Oc1cc(N2CCN(C3CCCC3)CC2)ncn1. The van der Waals surface area contributed by atoms with E-state index in [0.717, 1.165) is 38.0 Å². The lowest BCUT2D eigenvalue weighted by Gasteiger charge is -2.38. The molecule has 0 amide bonds. The molecule has 0 bridgehead atoms. The summed E-state index contributed by atoms with van der Waals surface area (Å²) in [6.45, 7) is 4.04. The second-order valence-electron chi connectivity index (χ2n) is 6.71. The number of ether oxygens (including phenoxy) is 1. The summed E-state index contributed by atoms with van der Waals surface area (Å²) >= 11 is 0. The van der Waals surface area contributed by atoms with Crippen LogP contribution in [-0.4, -0.2) is 47.1 Å². The third-order valence-electron chi connectivity index (χ3n) is 5.16. The normalized spacial score (nSPS) is 19.3. The zero-order valence-electron chi connectivity index (χ0n) is 14.3. The van der Waals surface area contributed by atoms with Crippen molar-refractivity contribution in [1.82, 2.24) is 14.9 Å². The average Bonchev–Trinajstić information content (AvgIpc) is 3.19. The predicted molar refractivity (Wildman–Crippen MR) is 94.5 cm³/mol. The van der Waals surface area contributed by atoms with Crippen molar-refractivity contribution in [3.63, 3.8) is 0 Å². The molecule has 0 spiro atoms. The minimum atomic E-state index is -0.396. The highest BCUT2D eigenvalue weighted by molar-refractivity contribution is 5.42. The molecule has 1 aliphatic carbocycles. The molecule has 0 unspecified atom stereocenters. The summed E-state index contributed by atoms with van der Waals surface area (Å²) in [5.74, 6) is 0.992. The first-order valence-corrected chi connectivity index (χ1v) is 9.03. The number of anilines is 1. The van der Waals surface area contributed by atoms with Gasteiger partial charge in [0, 0.05) is 38.3 Å². The van der Waals surface area contributed by atoms with Crippen LogP contribution in [0.1, 0.15) is 25.7 Å². The fourth-order valence-corrected chi connectivity index (χ4v) is 3.78. The Hall–Kier alpha value is -2.21. The van der Waals surface area contributed by atoms with Gasteiger partial charge in [0.1, 0.15) is 12.1 Å². The monoisotopic (exact) mass is 342 g/mol. The molecule has 2 aromatic rings. The van der Waals surface area contributed by atoms with Crippen LogP contribution in [0.2, 0.25) is 0 Å². The first-order valence-electron chi connectivity index (χ1n) is 9.03. The number of piperazine rings is 1. The highest BCUT2D eigenvalue weighted by Gasteiger charge is 2.26. The van der Waals surface area contributed by atoms with Gasteiger partial charge in [0.05, 0.1) is 0 Å². The van der Waals surface area contributed by atoms with Crippen LogP contribution < -0.4 is 9.64 Å². The molecule has 4 rings (SSSR count). The molecule has 1 aliphatic heterocycles. The van der Waals surface area contributed by atoms with Gasteiger partial charge in [0.2, 0.25) is 5.88 Å². The van der Waals surface area contributed by atoms with Gasteiger partial charge in [0.25, 0.3) is 0 Å². The summed E-state index contributed by atoms with van der Waals surface area (Å²) in [6.07, 6.45) is 6.90. The minimum absolute atomic E-state index is 0.179. The molecule has 0 atom stereocenters. The number of benzene rings is 1. The van der Waals surface area contributed by atoms with E-state index in [4.69, 9.17) is 4.74 Å². The third kappa shape index (κ3) is 3.74. The molecule has 25 heavy (non-hydrogen) atoms. The number of para-hydroxylation sites is 1. The van der Waals surface area contributed by atoms with E-state index < -0.39 is 5.82 Å².